The van der Waals surface area contributed by atoms with Gasteiger partial charge in [-0.25, -0.2) is 0 Å². The monoisotopic (exact) mass is 300 g/mol. The van der Waals surface area contributed by atoms with Crippen molar-refractivity contribution in [1.82, 2.24) is 5.43 Å². The first-order valence-corrected chi connectivity index (χ1v) is 6.59. The first-order chi connectivity index (χ1) is 10.5. The number of hydrazine groups is 1. The molecule has 0 saturated carbocycles. The van der Waals surface area contributed by atoms with Crippen molar-refractivity contribution in [2.75, 3.05) is 24.4 Å². The van der Waals surface area contributed by atoms with Crippen LogP contribution in [0.5, 0.6) is 0 Å². The van der Waals surface area contributed by atoms with Crippen LogP contribution in [-0.4, -0.2) is 24.9 Å². The highest BCUT2D eigenvalue weighted by Crippen LogP contribution is 2.25. The van der Waals surface area contributed by atoms with Crippen LogP contribution < -0.4 is 15.8 Å². The Morgan fingerprint density at radius 2 is 1.86 bits per heavy atom. The van der Waals surface area contributed by atoms with E-state index >= 15 is 0 Å². The Morgan fingerprint density at radius 1 is 1.18 bits per heavy atom. The molecule has 2 aromatic rings. The lowest BCUT2D eigenvalue weighted by atomic mass is 10.1. The van der Waals surface area contributed by atoms with Gasteiger partial charge in [0, 0.05) is 25.7 Å². The molecule has 22 heavy (non-hydrogen) atoms. The van der Waals surface area contributed by atoms with Crippen LogP contribution in [0.25, 0.3) is 0 Å². The summed E-state index contributed by atoms with van der Waals surface area (Å²) in [6.45, 7) is 0. The number of hydrogen-bond donors (Lipinski definition) is 2. The molecule has 2 rings (SSSR count). The van der Waals surface area contributed by atoms with E-state index < -0.39 is 10.8 Å². The fraction of sp³-hybridized carbons (Fsp3) is 0.133. The summed E-state index contributed by atoms with van der Waals surface area (Å²) in [5, 5.41) is 15.3. The Bertz CT molecular complexity index is 688. The molecule has 0 radical (unpaired) electrons. The number of amides is 1. The highest BCUT2D eigenvalue weighted by atomic mass is 16.6. The van der Waals surface area contributed by atoms with Crippen molar-refractivity contribution in [3.8, 4) is 0 Å². The van der Waals surface area contributed by atoms with Gasteiger partial charge in [-0.3, -0.25) is 25.3 Å². The second-order valence-electron chi connectivity index (χ2n) is 4.57. The Balaban J connectivity index is 2.19. The molecule has 7 nitrogen and oxygen atoms in total. The van der Waals surface area contributed by atoms with E-state index in [4.69, 9.17) is 0 Å². The maximum absolute atomic E-state index is 12.2. The fourth-order valence-corrected chi connectivity index (χ4v) is 1.97. The van der Waals surface area contributed by atoms with Gasteiger partial charge in [0.2, 0.25) is 0 Å². The minimum Gasteiger partial charge on any atom is -0.383 e. The molecule has 7 heteroatoms. The summed E-state index contributed by atoms with van der Waals surface area (Å²) in [4.78, 5) is 22.7. The minimum atomic E-state index is -0.524. The zero-order valence-corrected chi connectivity index (χ0v) is 12.2. The summed E-state index contributed by atoms with van der Waals surface area (Å²) in [6, 6.07) is 13.6. The van der Waals surface area contributed by atoms with Crippen molar-refractivity contribution in [2.45, 2.75) is 0 Å². The van der Waals surface area contributed by atoms with Crippen molar-refractivity contribution in [3.05, 3.63) is 64.2 Å². The fourth-order valence-electron chi connectivity index (χ4n) is 1.97. The first kappa shape index (κ1) is 15.3. The summed E-state index contributed by atoms with van der Waals surface area (Å²) in [5.74, 6) is -0.419. The predicted octanol–water partition coefficient (Wildman–Crippen LogP) is 2.42. The summed E-state index contributed by atoms with van der Waals surface area (Å²) in [5.41, 5.74) is 3.90. The number of anilines is 2. The zero-order valence-electron chi connectivity index (χ0n) is 12.2. The van der Waals surface area contributed by atoms with Crippen LogP contribution in [-0.2, 0) is 0 Å². The number of nitro groups is 1. The van der Waals surface area contributed by atoms with E-state index in [0.717, 1.165) is 5.69 Å². The number of rotatable bonds is 5. The smallest absolute Gasteiger partial charge is 0.293 e. The molecule has 2 aromatic carbocycles. The molecule has 0 aliphatic carbocycles. The quantitative estimate of drug-likeness (QED) is 0.654. The number of nitrogens with one attached hydrogen (secondary N) is 2. The van der Waals surface area contributed by atoms with Gasteiger partial charge in [0.05, 0.1) is 10.6 Å². The Hall–Kier alpha value is -3.09. The van der Waals surface area contributed by atoms with Gasteiger partial charge in [0.1, 0.15) is 5.69 Å². The van der Waals surface area contributed by atoms with Gasteiger partial charge in [-0.1, -0.05) is 18.2 Å². The lowest BCUT2D eigenvalue weighted by molar-refractivity contribution is -0.384. The van der Waals surface area contributed by atoms with Crippen LogP contribution in [0.2, 0.25) is 0 Å². The van der Waals surface area contributed by atoms with Crippen LogP contribution in [0.1, 0.15) is 10.4 Å². The van der Waals surface area contributed by atoms with Crippen molar-refractivity contribution >= 4 is 23.0 Å². The molecular weight excluding hydrogens is 284 g/mol. The standard InChI is InChI=1S/C15H16N4O3/c1-16-13-9-8-11(10-14(13)19(21)22)15(20)17-18(2)12-6-4-3-5-7-12/h3-10,16H,1-2H3,(H,17,20). The number of carbonyl (C=O) groups excluding carboxylic acids is 1. The third-order valence-electron chi connectivity index (χ3n) is 3.14. The molecule has 0 spiro atoms. The van der Waals surface area contributed by atoms with E-state index in [1.165, 1.54) is 18.2 Å². The zero-order chi connectivity index (χ0) is 16.1. The van der Waals surface area contributed by atoms with Crippen molar-refractivity contribution in [1.29, 1.82) is 0 Å². The van der Waals surface area contributed by atoms with Gasteiger partial charge in [-0.15, -0.1) is 0 Å². The molecule has 0 saturated heterocycles. The molecule has 0 fully saturated rings. The highest BCUT2D eigenvalue weighted by molar-refractivity contribution is 5.96. The molecule has 2 N–H and O–H groups in total. The molecule has 0 atom stereocenters. The second-order valence-corrected chi connectivity index (χ2v) is 4.57. The largest absolute Gasteiger partial charge is 0.383 e. The molecule has 0 aromatic heterocycles. The van der Waals surface area contributed by atoms with E-state index in [2.05, 4.69) is 10.7 Å². The van der Waals surface area contributed by atoms with E-state index in [0.29, 0.717) is 5.69 Å². The molecule has 0 unspecified atom stereocenters. The maximum Gasteiger partial charge on any atom is 0.293 e. The highest BCUT2D eigenvalue weighted by Gasteiger charge is 2.17. The van der Waals surface area contributed by atoms with Crippen molar-refractivity contribution in [2.24, 2.45) is 0 Å². The van der Waals surface area contributed by atoms with Gasteiger partial charge in [0.25, 0.3) is 11.6 Å². The molecular formula is C15H16N4O3. The average molecular weight is 300 g/mol. The van der Waals surface area contributed by atoms with Crippen molar-refractivity contribution < 1.29 is 9.72 Å². The van der Waals surface area contributed by atoms with Crippen LogP contribution in [0, 0.1) is 10.1 Å². The van der Waals surface area contributed by atoms with Gasteiger partial charge in [-0.05, 0) is 24.3 Å². The van der Waals surface area contributed by atoms with Gasteiger partial charge in [-0.2, -0.15) is 0 Å². The third kappa shape index (κ3) is 3.32. The van der Waals surface area contributed by atoms with Crippen LogP contribution in [0.4, 0.5) is 17.1 Å². The normalized spacial score (nSPS) is 9.91. The van der Waals surface area contributed by atoms with Gasteiger partial charge >= 0.3 is 0 Å². The Labute approximate surface area is 127 Å². The summed E-state index contributed by atoms with van der Waals surface area (Å²) < 4.78 is 0. The lowest BCUT2D eigenvalue weighted by Gasteiger charge is -2.20. The molecule has 0 aliphatic heterocycles. The third-order valence-corrected chi connectivity index (χ3v) is 3.14. The van der Waals surface area contributed by atoms with Gasteiger partial charge in [0.15, 0.2) is 0 Å². The predicted molar refractivity (Wildman–Crippen MR) is 85.0 cm³/mol. The number of nitro benzene ring substituents is 1. The first-order valence-electron chi connectivity index (χ1n) is 6.59. The molecule has 0 aliphatic rings. The maximum atomic E-state index is 12.2. The Morgan fingerprint density at radius 3 is 2.45 bits per heavy atom. The molecule has 114 valence electrons. The average Bonchev–Trinajstić information content (AvgIpc) is 2.54. The summed E-state index contributed by atoms with van der Waals surface area (Å²) in [7, 11) is 3.29. The second kappa shape index (κ2) is 6.57. The number of para-hydroxylation sites is 1. The number of benzene rings is 2. The number of hydrogen-bond acceptors (Lipinski definition) is 5. The van der Waals surface area contributed by atoms with Crippen molar-refractivity contribution in [3.63, 3.8) is 0 Å². The number of carbonyl (C=O) groups is 1. The van der Waals surface area contributed by atoms with E-state index in [-0.39, 0.29) is 11.3 Å². The van der Waals surface area contributed by atoms with E-state index in [1.54, 1.807) is 19.1 Å². The molecule has 0 bridgehead atoms. The van der Waals surface area contributed by atoms with Crippen LogP contribution >= 0.6 is 0 Å². The van der Waals surface area contributed by atoms with E-state index in [9.17, 15) is 14.9 Å². The van der Waals surface area contributed by atoms with Crippen LogP contribution in [0.3, 0.4) is 0 Å². The van der Waals surface area contributed by atoms with Gasteiger partial charge < -0.3 is 5.32 Å². The topological polar surface area (TPSA) is 87.5 Å². The number of nitrogens with zero attached hydrogens (tertiary/aromatic N) is 2. The Kier molecular flexibility index (Phi) is 4.57. The minimum absolute atomic E-state index is 0.141. The van der Waals surface area contributed by atoms with Crippen LogP contribution in [0.15, 0.2) is 48.5 Å². The summed E-state index contributed by atoms with van der Waals surface area (Å²) >= 11 is 0. The van der Waals surface area contributed by atoms with E-state index in [1.807, 2.05) is 30.3 Å². The summed E-state index contributed by atoms with van der Waals surface area (Å²) in [6.07, 6.45) is 0. The SMILES string of the molecule is CNc1ccc(C(=O)NN(C)c2ccccc2)cc1[N+](=O)[O-]. The lowest BCUT2D eigenvalue weighted by Crippen LogP contribution is -2.39. The molecule has 1 amide bonds. The molecule has 0 heterocycles.